The van der Waals surface area contributed by atoms with E-state index in [0.717, 1.165) is 11.6 Å². The molecule has 1 N–H and O–H groups in total. The number of amides is 1. The minimum atomic E-state index is -0.861. The molecule has 2 aromatic rings. The summed E-state index contributed by atoms with van der Waals surface area (Å²) in [6.45, 7) is -0.195. The van der Waals surface area contributed by atoms with Crippen molar-refractivity contribution in [3.05, 3.63) is 62.7 Å². The summed E-state index contributed by atoms with van der Waals surface area (Å²) in [4.78, 5) is 34.0. The number of nitrogens with one attached hydrogen (secondary N) is 1. The highest BCUT2D eigenvalue weighted by Gasteiger charge is 2.18. The maximum Gasteiger partial charge on any atom is 0.338 e. The molecule has 29 heavy (non-hydrogen) atoms. The van der Waals surface area contributed by atoms with Gasteiger partial charge in [0.05, 0.1) is 24.7 Å². The van der Waals surface area contributed by atoms with E-state index in [1.165, 1.54) is 19.2 Å². The number of hydrogen-bond donors (Lipinski definition) is 1. The predicted octanol–water partition coefficient (Wildman–Crippen LogP) is 2.78. The molecule has 0 aromatic heterocycles. The van der Waals surface area contributed by atoms with Crippen molar-refractivity contribution in [2.24, 2.45) is 0 Å². The molecule has 10 heteroatoms. The summed E-state index contributed by atoms with van der Waals surface area (Å²) < 4.78 is 15.3. The van der Waals surface area contributed by atoms with Crippen LogP contribution in [-0.2, 0) is 16.0 Å². The molecule has 0 unspecified atom stereocenters. The van der Waals surface area contributed by atoms with E-state index in [-0.39, 0.29) is 10.6 Å². The molecule has 0 aliphatic heterocycles. The van der Waals surface area contributed by atoms with Crippen LogP contribution in [0.25, 0.3) is 0 Å². The Morgan fingerprint density at radius 3 is 2.48 bits per heavy atom. The molecule has 0 bridgehead atoms. The zero-order chi connectivity index (χ0) is 21.4. The van der Waals surface area contributed by atoms with Gasteiger partial charge in [0, 0.05) is 12.6 Å². The van der Waals surface area contributed by atoms with Crippen LogP contribution in [-0.4, -0.2) is 44.2 Å². The highest BCUT2D eigenvalue weighted by Crippen LogP contribution is 2.27. The number of nitrogens with zero attached hydrogens (tertiary/aromatic N) is 1. The number of halogens is 1. The van der Waals surface area contributed by atoms with Crippen LogP contribution in [0.2, 0.25) is 5.02 Å². The number of benzene rings is 2. The Morgan fingerprint density at radius 2 is 1.83 bits per heavy atom. The van der Waals surface area contributed by atoms with Crippen LogP contribution in [0, 0.1) is 10.1 Å². The second kappa shape index (κ2) is 10.3. The third-order valence-corrected chi connectivity index (χ3v) is 4.22. The van der Waals surface area contributed by atoms with Crippen LogP contribution in [0.3, 0.4) is 0 Å². The number of nitro benzene ring substituents is 1. The van der Waals surface area contributed by atoms with Gasteiger partial charge in [-0.1, -0.05) is 17.7 Å². The number of methoxy groups -OCH3 is 2. The van der Waals surface area contributed by atoms with E-state index in [1.54, 1.807) is 19.2 Å². The lowest BCUT2D eigenvalue weighted by Crippen LogP contribution is -2.30. The second-order valence-electron chi connectivity index (χ2n) is 5.79. The molecular formula is C19H19ClN2O7. The molecule has 0 spiro atoms. The zero-order valence-electron chi connectivity index (χ0n) is 15.8. The Kier molecular flexibility index (Phi) is 7.79. The first kappa shape index (κ1) is 22.0. The molecule has 0 saturated heterocycles. The highest BCUT2D eigenvalue weighted by atomic mass is 35.5. The van der Waals surface area contributed by atoms with Crippen LogP contribution in [0.15, 0.2) is 36.4 Å². The lowest BCUT2D eigenvalue weighted by Gasteiger charge is -2.10. The largest absolute Gasteiger partial charge is 0.493 e. The summed E-state index contributed by atoms with van der Waals surface area (Å²) in [6, 6.07) is 8.92. The minimum Gasteiger partial charge on any atom is -0.493 e. The lowest BCUT2D eigenvalue weighted by molar-refractivity contribution is -0.384. The number of esters is 1. The van der Waals surface area contributed by atoms with E-state index >= 15 is 0 Å². The molecule has 2 aromatic carbocycles. The first-order valence-corrected chi connectivity index (χ1v) is 8.82. The first-order valence-electron chi connectivity index (χ1n) is 8.44. The number of rotatable bonds is 9. The van der Waals surface area contributed by atoms with Crippen molar-refractivity contribution in [3.63, 3.8) is 0 Å². The lowest BCUT2D eigenvalue weighted by atomic mass is 10.1. The van der Waals surface area contributed by atoms with Crippen molar-refractivity contribution < 1.29 is 28.7 Å². The van der Waals surface area contributed by atoms with Gasteiger partial charge in [-0.2, -0.15) is 0 Å². The minimum absolute atomic E-state index is 0.0702. The van der Waals surface area contributed by atoms with Crippen molar-refractivity contribution in [1.29, 1.82) is 0 Å². The molecule has 0 radical (unpaired) electrons. The molecule has 1 amide bonds. The topological polar surface area (TPSA) is 117 Å². The average molecular weight is 423 g/mol. The van der Waals surface area contributed by atoms with E-state index in [2.05, 4.69) is 5.32 Å². The summed E-state index contributed by atoms with van der Waals surface area (Å²) in [5.41, 5.74) is 0.438. The third kappa shape index (κ3) is 6.08. The SMILES string of the molecule is COc1ccc(CCNC(=O)COC(=O)c2ccc(Cl)c([N+](=O)[O-])c2)cc1OC. The molecule has 9 nitrogen and oxygen atoms in total. The van der Waals surface area contributed by atoms with Gasteiger partial charge in [0.2, 0.25) is 0 Å². The normalized spacial score (nSPS) is 10.2. The first-order chi connectivity index (χ1) is 13.8. The van der Waals surface area contributed by atoms with E-state index in [4.69, 9.17) is 25.8 Å². The Labute approximate surface area is 171 Å². The van der Waals surface area contributed by atoms with Crippen LogP contribution < -0.4 is 14.8 Å². The van der Waals surface area contributed by atoms with Gasteiger partial charge < -0.3 is 19.5 Å². The fraction of sp³-hybridized carbons (Fsp3) is 0.263. The average Bonchev–Trinajstić information content (AvgIpc) is 2.71. The molecule has 0 atom stereocenters. The van der Waals surface area contributed by atoms with Crippen LogP contribution in [0.5, 0.6) is 11.5 Å². The zero-order valence-corrected chi connectivity index (χ0v) is 16.5. The summed E-state index contributed by atoms with van der Waals surface area (Å²) in [7, 11) is 3.08. The van der Waals surface area contributed by atoms with E-state index < -0.39 is 29.1 Å². The Morgan fingerprint density at radius 1 is 1.10 bits per heavy atom. The van der Waals surface area contributed by atoms with Gasteiger partial charge in [0.25, 0.3) is 11.6 Å². The van der Waals surface area contributed by atoms with Gasteiger partial charge in [-0.05, 0) is 36.2 Å². The molecule has 2 rings (SSSR count). The monoisotopic (exact) mass is 422 g/mol. The Balaban J connectivity index is 1.82. The number of carbonyl (C=O) groups excluding carboxylic acids is 2. The predicted molar refractivity (Wildman–Crippen MR) is 105 cm³/mol. The van der Waals surface area contributed by atoms with Gasteiger partial charge in [0.15, 0.2) is 18.1 Å². The second-order valence-corrected chi connectivity index (χ2v) is 6.20. The number of ether oxygens (including phenoxy) is 3. The molecule has 0 fully saturated rings. The van der Waals surface area contributed by atoms with Crippen molar-refractivity contribution >= 4 is 29.2 Å². The quantitative estimate of drug-likeness (QED) is 0.375. The maximum atomic E-state index is 12.0. The molecule has 0 aliphatic rings. The van der Waals surface area contributed by atoms with E-state index in [1.807, 2.05) is 6.07 Å². The van der Waals surface area contributed by atoms with E-state index in [9.17, 15) is 19.7 Å². The standard InChI is InChI=1S/C19H19ClN2O7/c1-27-16-6-3-12(9-17(16)28-2)7-8-21-18(23)11-29-19(24)13-4-5-14(20)15(10-13)22(25)26/h3-6,9-10H,7-8,11H2,1-2H3,(H,21,23). The molecule has 0 saturated carbocycles. The van der Waals surface area contributed by atoms with Crippen molar-refractivity contribution in [3.8, 4) is 11.5 Å². The maximum absolute atomic E-state index is 12.0. The summed E-state index contributed by atoms with van der Waals surface area (Å²) >= 11 is 5.69. The molecule has 0 heterocycles. The number of carbonyl (C=O) groups is 2. The van der Waals surface area contributed by atoms with Crippen LogP contribution in [0.4, 0.5) is 5.69 Å². The van der Waals surface area contributed by atoms with Gasteiger partial charge in [-0.3, -0.25) is 14.9 Å². The molecule has 154 valence electrons. The van der Waals surface area contributed by atoms with Gasteiger partial charge in [-0.15, -0.1) is 0 Å². The number of nitro groups is 1. The smallest absolute Gasteiger partial charge is 0.338 e. The number of hydrogen-bond acceptors (Lipinski definition) is 7. The van der Waals surface area contributed by atoms with Gasteiger partial charge in [0.1, 0.15) is 5.02 Å². The molecular weight excluding hydrogens is 404 g/mol. The summed E-state index contributed by atoms with van der Waals surface area (Å²) in [5, 5.41) is 13.4. The fourth-order valence-electron chi connectivity index (χ4n) is 2.43. The van der Waals surface area contributed by atoms with Gasteiger partial charge >= 0.3 is 5.97 Å². The molecule has 0 aliphatic carbocycles. The highest BCUT2D eigenvalue weighted by molar-refractivity contribution is 6.32. The van der Waals surface area contributed by atoms with E-state index in [0.29, 0.717) is 24.5 Å². The van der Waals surface area contributed by atoms with Gasteiger partial charge in [-0.25, -0.2) is 4.79 Å². The van der Waals surface area contributed by atoms with Crippen molar-refractivity contribution in [2.45, 2.75) is 6.42 Å². The van der Waals surface area contributed by atoms with Crippen LogP contribution in [0.1, 0.15) is 15.9 Å². The fourth-order valence-corrected chi connectivity index (χ4v) is 2.61. The Hall–Kier alpha value is -3.33. The summed E-state index contributed by atoms with van der Waals surface area (Å²) in [6.07, 6.45) is 0.531. The third-order valence-electron chi connectivity index (χ3n) is 3.90. The van der Waals surface area contributed by atoms with Crippen molar-refractivity contribution in [2.75, 3.05) is 27.4 Å². The Bertz CT molecular complexity index is 917. The summed E-state index contributed by atoms with van der Waals surface area (Å²) in [5.74, 6) is -0.168. The van der Waals surface area contributed by atoms with Crippen LogP contribution >= 0.6 is 11.6 Å². The van der Waals surface area contributed by atoms with Crippen molar-refractivity contribution in [1.82, 2.24) is 5.32 Å².